The van der Waals surface area contributed by atoms with Crippen LogP contribution in [-0.2, 0) is 22.4 Å². The van der Waals surface area contributed by atoms with Gasteiger partial charge < -0.3 is 20.3 Å². The van der Waals surface area contributed by atoms with Crippen molar-refractivity contribution in [3.63, 3.8) is 0 Å². The van der Waals surface area contributed by atoms with Gasteiger partial charge in [-0.15, -0.1) is 0 Å². The number of likely N-dealkylation sites (N-methyl/N-ethyl adjacent to an activating group) is 1. The third-order valence-electron chi connectivity index (χ3n) is 8.45. The van der Waals surface area contributed by atoms with Crippen molar-refractivity contribution >= 4 is 28.5 Å². The molecule has 1 fully saturated rings. The molecule has 0 saturated heterocycles. The van der Waals surface area contributed by atoms with Gasteiger partial charge in [-0.1, -0.05) is 92.1 Å². The molecule has 1 atom stereocenters. The molecule has 4 aromatic rings. The first-order valence-electron chi connectivity index (χ1n) is 14.9. The van der Waals surface area contributed by atoms with E-state index in [9.17, 15) is 14.4 Å². The Morgan fingerprint density at radius 1 is 0.814 bits per heavy atom. The lowest BCUT2D eigenvalue weighted by Crippen LogP contribution is -2.63. The topological polar surface area (TPSA) is 87.7 Å². The summed E-state index contributed by atoms with van der Waals surface area (Å²) in [7, 11) is 3.31. The van der Waals surface area contributed by atoms with Crippen molar-refractivity contribution in [1.29, 1.82) is 0 Å². The molecule has 2 N–H and O–H groups in total. The van der Waals surface area contributed by atoms with Crippen LogP contribution in [0.15, 0.2) is 97.1 Å². The third kappa shape index (κ3) is 7.23. The molecule has 0 spiro atoms. The van der Waals surface area contributed by atoms with E-state index in [2.05, 4.69) is 34.9 Å². The van der Waals surface area contributed by atoms with Gasteiger partial charge in [-0.25, -0.2) is 0 Å². The molecule has 7 nitrogen and oxygen atoms in total. The first kappa shape index (κ1) is 29.8. The zero-order valence-electron chi connectivity index (χ0n) is 24.8. The number of carbonyl (C=O) groups excluding carboxylic acids is 3. The molecule has 0 aromatic heterocycles. The standard InChI is InChI=1S/C36H39N3O4/c1-39(33(40)25-26-11-5-3-6-12-26)32(24-27-15-16-28-13-7-8-14-30(28)23-27)37-35(42)36(21-9-4-10-22-36)38-34(41)29-17-19-31(43-2)20-18-29/h3,5-8,11-20,23,32H,4,9-10,21-22,24-25H2,1-2H3,(H,37,42)(H,38,41). The first-order chi connectivity index (χ1) is 20.9. The second kappa shape index (κ2) is 13.6. The van der Waals surface area contributed by atoms with E-state index < -0.39 is 11.7 Å². The summed E-state index contributed by atoms with van der Waals surface area (Å²) in [5, 5.41) is 8.51. The fraction of sp³-hybridized carbons (Fsp3) is 0.306. The number of ether oxygens (including phenoxy) is 1. The number of hydrogen-bond donors (Lipinski definition) is 2. The molecule has 5 rings (SSSR count). The van der Waals surface area contributed by atoms with E-state index in [1.54, 1.807) is 43.3 Å². The molecule has 7 heteroatoms. The molecule has 3 amide bonds. The smallest absolute Gasteiger partial charge is 0.252 e. The van der Waals surface area contributed by atoms with Crippen molar-refractivity contribution in [3.8, 4) is 5.75 Å². The second-order valence-corrected chi connectivity index (χ2v) is 11.4. The average molecular weight is 578 g/mol. The minimum atomic E-state index is -1.07. The van der Waals surface area contributed by atoms with E-state index in [1.165, 1.54) is 0 Å². The molecular formula is C36H39N3O4. The molecule has 1 aliphatic carbocycles. The number of rotatable bonds is 10. The highest BCUT2D eigenvalue weighted by atomic mass is 16.5. The molecule has 43 heavy (non-hydrogen) atoms. The van der Waals surface area contributed by atoms with Crippen LogP contribution in [0.1, 0.15) is 53.6 Å². The molecule has 222 valence electrons. The maximum Gasteiger partial charge on any atom is 0.252 e. The van der Waals surface area contributed by atoms with Gasteiger partial charge in [-0.05, 0) is 59.0 Å². The van der Waals surface area contributed by atoms with Gasteiger partial charge in [0.2, 0.25) is 11.8 Å². The van der Waals surface area contributed by atoms with Gasteiger partial charge >= 0.3 is 0 Å². The van der Waals surface area contributed by atoms with Gasteiger partial charge in [0.15, 0.2) is 0 Å². The van der Waals surface area contributed by atoms with E-state index in [0.717, 1.165) is 41.2 Å². The van der Waals surface area contributed by atoms with Crippen molar-refractivity contribution in [2.24, 2.45) is 0 Å². The Morgan fingerprint density at radius 3 is 2.19 bits per heavy atom. The minimum Gasteiger partial charge on any atom is -0.497 e. The summed E-state index contributed by atoms with van der Waals surface area (Å²) >= 11 is 0. The quantitative estimate of drug-likeness (QED) is 0.238. The van der Waals surface area contributed by atoms with E-state index in [4.69, 9.17) is 4.74 Å². The molecular weight excluding hydrogens is 538 g/mol. The summed E-state index contributed by atoms with van der Waals surface area (Å²) < 4.78 is 5.22. The summed E-state index contributed by atoms with van der Waals surface area (Å²) in [6.45, 7) is 0. The van der Waals surface area contributed by atoms with Crippen LogP contribution in [-0.4, -0.2) is 48.5 Å². The van der Waals surface area contributed by atoms with Gasteiger partial charge in [-0.2, -0.15) is 0 Å². The van der Waals surface area contributed by atoms with Crippen LogP contribution in [0.3, 0.4) is 0 Å². The third-order valence-corrected chi connectivity index (χ3v) is 8.45. The fourth-order valence-corrected chi connectivity index (χ4v) is 5.83. The van der Waals surface area contributed by atoms with E-state index in [0.29, 0.717) is 30.6 Å². The molecule has 0 aliphatic heterocycles. The summed E-state index contributed by atoms with van der Waals surface area (Å²) in [5.74, 6) is -0.0165. The van der Waals surface area contributed by atoms with Crippen molar-refractivity contribution in [1.82, 2.24) is 15.5 Å². The predicted octanol–water partition coefficient (Wildman–Crippen LogP) is 5.67. The Kier molecular flexibility index (Phi) is 9.40. The molecule has 1 saturated carbocycles. The zero-order valence-corrected chi connectivity index (χ0v) is 24.8. The van der Waals surface area contributed by atoms with Gasteiger partial charge in [0.25, 0.3) is 5.91 Å². The van der Waals surface area contributed by atoms with E-state index in [1.807, 2.05) is 48.5 Å². The first-order valence-corrected chi connectivity index (χ1v) is 14.9. The highest BCUT2D eigenvalue weighted by Crippen LogP contribution is 2.30. The Balaban J connectivity index is 1.40. The number of fused-ring (bicyclic) bond motifs is 1. The van der Waals surface area contributed by atoms with Crippen molar-refractivity contribution in [2.45, 2.75) is 56.7 Å². The van der Waals surface area contributed by atoms with Gasteiger partial charge in [0.05, 0.1) is 13.5 Å². The maximum atomic E-state index is 14.2. The van der Waals surface area contributed by atoms with Gasteiger partial charge in [0.1, 0.15) is 17.5 Å². The van der Waals surface area contributed by atoms with E-state index in [-0.39, 0.29) is 24.1 Å². The van der Waals surface area contributed by atoms with Crippen LogP contribution in [0.4, 0.5) is 0 Å². The summed E-state index contributed by atoms with van der Waals surface area (Å²) in [6, 6.07) is 30.8. The number of amides is 3. The highest BCUT2D eigenvalue weighted by Gasteiger charge is 2.42. The number of hydrogen-bond acceptors (Lipinski definition) is 4. The van der Waals surface area contributed by atoms with Crippen LogP contribution in [0.25, 0.3) is 10.8 Å². The predicted molar refractivity (Wildman–Crippen MR) is 169 cm³/mol. The van der Waals surface area contributed by atoms with Crippen molar-refractivity contribution in [2.75, 3.05) is 14.2 Å². The largest absolute Gasteiger partial charge is 0.497 e. The molecule has 0 radical (unpaired) electrons. The number of nitrogens with one attached hydrogen (secondary N) is 2. The van der Waals surface area contributed by atoms with Crippen molar-refractivity contribution in [3.05, 3.63) is 114 Å². The Morgan fingerprint density at radius 2 is 1.49 bits per heavy atom. The van der Waals surface area contributed by atoms with Crippen LogP contribution in [0.2, 0.25) is 0 Å². The lowest BCUT2D eigenvalue weighted by atomic mass is 9.80. The molecule has 0 heterocycles. The van der Waals surface area contributed by atoms with Crippen LogP contribution >= 0.6 is 0 Å². The Labute approximate surface area is 253 Å². The Hall–Kier alpha value is -4.65. The van der Waals surface area contributed by atoms with Crippen molar-refractivity contribution < 1.29 is 19.1 Å². The minimum absolute atomic E-state index is 0.0998. The fourth-order valence-electron chi connectivity index (χ4n) is 5.83. The lowest BCUT2D eigenvalue weighted by Gasteiger charge is -2.39. The summed E-state index contributed by atoms with van der Waals surface area (Å²) in [4.78, 5) is 42.7. The van der Waals surface area contributed by atoms with E-state index >= 15 is 0 Å². The monoisotopic (exact) mass is 577 g/mol. The zero-order chi connectivity index (χ0) is 30.2. The van der Waals surface area contributed by atoms with Crippen LogP contribution < -0.4 is 15.4 Å². The summed E-state index contributed by atoms with van der Waals surface area (Å²) in [5.41, 5.74) is 1.30. The number of methoxy groups -OCH3 is 1. The molecule has 4 aromatic carbocycles. The normalized spacial score (nSPS) is 14.8. The summed E-state index contributed by atoms with van der Waals surface area (Å²) in [6.07, 6.45) is 3.76. The lowest BCUT2D eigenvalue weighted by molar-refractivity contribution is -0.136. The highest BCUT2D eigenvalue weighted by molar-refractivity contribution is 5.99. The van der Waals surface area contributed by atoms with Crippen LogP contribution in [0.5, 0.6) is 5.75 Å². The molecule has 0 bridgehead atoms. The average Bonchev–Trinajstić information content (AvgIpc) is 3.05. The van der Waals surface area contributed by atoms with Gasteiger partial charge in [0, 0.05) is 19.0 Å². The Bertz CT molecular complexity index is 1560. The second-order valence-electron chi connectivity index (χ2n) is 11.4. The number of benzene rings is 4. The van der Waals surface area contributed by atoms with Gasteiger partial charge in [-0.3, -0.25) is 14.4 Å². The maximum absolute atomic E-state index is 14.2. The number of carbonyl (C=O) groups is 3. The molecule has 1 unspecified atom stereocenters. The van der Waals surface area contributed by atoms with Crippen LogP contribution in [0, 0.1) is 0 Å². The SMILES string of the molecule is COc1ccc(C(=O)NC2(C(=O)NC(Cc3ccc4ccccc4c3)N(C)C(=O)Cc3ccccc3)CCCCC2)cc1. The number of nitrogens with zero attached hydrogens (tertiary/aromatic N) is 1. The molecule has 1 aliphatic rings.